The lowest BCUT2D eigenvalue weighted by atomic mass is 9.80. The predicted molar refractivity (Wildman–Crippen MR) is 142 cm³/mol. The lowest BCUT2D eigenvalue weighted by Crippen LogP contribution is -2.20. The fourth-order valence-electron chi connectivity index (χ4n) is 3.69. The van der Waals surface area contributed by atoms with Crippen LogP contribution in [0.25, 0.3) is 0 Å². The molecule has 0 fully saturated rings. The maximum atomic E-state index is 6.54. The van der Waals surface area contributed by atoms with E-state index in [0.717, 1.165) is 6.16 Å². The number of hydrogen-bond donors (Lipinski definition) is 0. The molecule has 158 valence electrons. The molecule has 0 amide bonds. The third-order valence-corrected chi connectivity index (χ3v) is 11.2. The predicted octanol–water partition coefficient (Wildman–Crippen LogP) is 7.67. The monoisotopic (exact) mass is 498 g/mol. The standard InChI is InChI=1S/C27H32BrPS/c1-26(2,3)21-17-20(25(28)24(18-21)27(4,5)6)19-29(30,22-13-9-7-10-14-22)23-15-11-8-12-16-23/h7-18H,19H2,1-6H3. The Bertz CT molecular complexity index is 1010. The number of halogens is 1. The summed E-state index contributed by atoms with van der Waals surface area (Å²) in [6.07, 6.45) is 0.865. The van der Waals surface area contributed by atoms with Crippen LogP contribution in [0.2, 0.25) is 0 Å². The smallest absolute Gasteiger partial charge is 0.0248 e. The summed E-state index contributed by atoms with van der Waals surface area (Å²) in [5.41, 5.74) is 4.18. The zero-order valence-corrected chi connectivity index (χ0v) is 22.2. The SMILES string of the molecule is CC(C)(C)c1cc(CP(=S)(c2ccccc2)c2ccccc2)c(Br)c(C(C)(C)C)c1. The molecule has 3 heteroatoms. The van der Waals surface area contributed by atoms with Crippen LogP contribution in [-0.4, -0.2) is 0 Å². The van der Waals surface area contributed by atoms with Crippen molar-refractivity contribution >= 4 is 44.4 Å². The zero-order chi connectivity index (χ0) is 22.2. The summed E-state index contributed by atoms with van der Waals surface area (Å²) in [4.78, 5) is 0. The Labute approximate surface area is 196 Å². The summed E-state index contributed by atoms with van der Waals surface area (Å²) in [5.74, 6) is 0. The molecule has 0 N–H and O–H groups in total. The summed E-state index contributed by atoms with van der Waals surface area (Å²) in [6.45, 7) is 13.7. The normalized spacial score (nSPS) is 12.8. The van der Waals surface area contributed by atoms with Crippen molar-refractivity contribution in [1.29, 1.82) is 0 Å². The number of rotatable bonds is 4. The van der Waals surface area contributed by atoms with Gasteiger partial charge < -0.3 is 0 Å². The highest BCUT2D eigenvalue weighted by Crippen LogP contribution is 2.50. The molecule has 3 rings (SSSR count). The maximum absolute atomic E-state index is 6.54. The van der Waals surface area contributed by atoms with Gasteiger partial charge in [-0.3, -0.25) is 0 Å². The van der Waals surface area contributed by atoms with Gasteiger partial charge in [0.25, 0.3) is 0 Å². The molecule has 0 saturated carbocycles. The van der Waals surface area contributed by atoms with Gasteiger partial charge in [-0.1, -0.05) is 142 Å². The molecule has 0 bridgehead atoms. The number of hydrogen-bond acceptors (Lipinski definition) is 1. The van der Waals surface area contributed by atoms with E-state index < -0.39 is 6.04 Å². The maximum Gasteiger partial charge on any atom is 0.0248 e. The lowest BCUT2D eigenvalue weighted by Gasteiger charge is -2.30. The van der Waals surface area contributed by atoms with Crippen molar-refractivity contribution in [2.75, 3.05) is 0 Å². The zero-order valence-electron chi connectivity index (χ0n) is 18.9. The average Bonchev–Trinajstić information content (AvgIpc) is 2.69. The van der Waals surface area contributed by atoms with Gasteiger partial charge in [-0.15, -0.1) is 0 Å². The minimum Gasteiger partial charge on any atom is -0.0873 e. The van der Waals surface area contributed by atoms with E-state index in [1.54, 1.807) is 0 Å². The first kappa shape index (κ1) is 23.5. The summed E-state index contributed by atoms with van der Waals surface area (Å²) >= 11 is 10.5. The van der Waals surface area contributed by atoms with Gasteiger partial charge in [0.15, 0.2) is 0 Å². The minimum atomic E-state index is -2.01. The van der Waals surface area contributed by atoms with Crippen molar-refractivity contribution in [3.05, 3.63) is 94.0 Å². The molecule has 3 aromatic rings. The first-order valence-corrected chi connectivity index (χ1v) is 14.2. The van der Waals surface area contributed by atoms with Gasteiger partial charge in [0.1, 0.15) is 0 Å². The van der Waals surface area contributed by atoms with E-state index in [2.05, 4.69) is 130 Å². The molecule has 0 aliphatic rings. The quantitative estimate of drug-likeness (QED) is 0.332. The van der Waals surface area contributed by atoms with Crippen molar-refractivity contribution in [3.63, 3.8) is 0 Å². The molecular formula is C27H32BrPS. The average molecular weight is 499 g/mol. The van der Waals surface area contributed by atoms with Gasteiger partial charge in [-0.2, -0.15) is 0 Å². The van der Waals surface area contributed by atoms with Gasteiger partial charge in [0.05, 0.1) is 0 Å². The second-order valence-electron chi connectivity index (χ2n) is 10.1. The summed E-state index contributed by atoms with van der Waals surface area (Å²) in [6, 6.07) is 24.2. The molecule has 0 aliphatic heterocycles. The van der Waals surface area contributed by atoms with Crippen molar-refractivity contribution in [3.8, 4) is 0 Å². The topological polar surface area (TPSA) is 0 Å². The molecule has 30 heavy (non-hydrogen) atoms. The van der Waals surface area contributed by atoms with Crippen LogP contribution in [0.15, 0.2) is 77.3 Å². The van der Waals surface area contributed by atoms with E-state index in [1.807, 2.05) is 0 Å². The van der Waals surface area contributed by atoms with Gasteiger partial charge in [-0.25, -0.2) is 0 Å². The van der Waals surface area contributed by atoms with Gasteiger partial charge in [0, 0.05) is 16.7 Å². The Kier molecular flexibility index (Phi) is 6.83. The van der Waals surface area contributed by atoms with Crippen molar-refractivity contribution < 1.29 is 0 Å². The van der Waals surface area contributed by atoms with Crippen LogP contribution < -0.4 is 10.6 Å². The van der Waals surface area contributed by atoms with Crippen LogP contribution in [0.3, 0.4) is 0 Å². The summed E-state index contributed by atoms with van der Waals surface area (Å²) < 4.78 is 1.21. The highest BCUT2D eigenvalue weighted by atomic mass is 79.9. The van der Waals surface area contributed by atoms with Gasteiger partial charge in [-0.05, 0) is 38.1 Å². The Morgan fingerprint density at radius 2 is 1.20 bits per heavy atom. The second-order valence-corrected chi connectivity index (χ2v) is 15.6. The van der Waals surface area contributed by atoms with Crippen LogP contribution >= 0.6 is 22.0 Å². The van der Waals surface area contributed by atoms with Crippen LogP contribution in [0.1, 0.15) is 58.2 Å². The third-order valence-electron chi connectivity index (χ3n) is 5.56. The van der Waals surface area contributed by atoms with E-state index in [4.69, 9.17) is 11.8 Å². The highest BCUT2D eigenvalue weighted by Gasteiger charge is 2.28. The number of benzene rings is 3. The van der Waals surface area contributed by atoms with Crippen molar-refractivity contribution in [2.24, 2.45) is 0 Å². The van der Waals surface area contributed by atoms with E-state index in [9.17, 15) is 0 Å². The van der Waals surface area contributed by atoms with Crippen LogP contribution in [-0.2, 0) is 28.8 Å². The van der Waals surface area contributed by atoms with Crippen LogP contribution in [0.4, 0.5) is 0 Å². The van der Waals surface area contributed by atoms with E-state index >= 15 is 0 Å². The molecule has 0 saturated heterocycles. The second kappa shape index (κ2) is 8.73. The van der Waals surface area contributed by atoms with E-state index in [-0.39, 0.29) is 10.8 Å². The molecule has 0 aromatic heterocycles. The first-order chi connectivity index (χ1) is 13.9. The fourth-order valence-corrected chi connectivity index (χ4v) is 8.72. The molecule has 0 atom stereocenters. The molecule has 0 unspecified atom stereocenters. The molecular weight excluding hydrogens is 467 g/mol. The fraction of sp³-hybridized carbons (Fsp3) is 0.333. The molecule has 0 radical (unpaired) electrons. The van der Waals surface area contributed by atoms with Gasteiger partial charge >= 0.3 is 0 Å². The Hall–Kier alpha value is -1.21. The molecule has 0 nitrogen and oxygen atoms in total. The molecule has 0 spiro atoms. The van der Waals surface area contributed by atoms with Crippen LogP contribution in [0.5, 0.6) is 0 Å². The molecule has 0 heterocycles. The first-order valence-electron chi connectivity index (χ1n) is 10.5. The Balaban J connectivity index is 2.24. The minimum absolute atomic E-state index is 0.0525. The van der Waals surface area contributed by atoms with E-state index in [0.29, 0.717) is 0 Å². The van der Waals surface area contributed by atoms with Crippen molar-refractivity contribution in [2.45, 2.75) is 58.5 Å². The van der Waals surface area contributed by atoms with E-state index in [1.165, 1.54) is 31.8 Å². The van der Waals surface area contributed by atoms with Crippen LogP contribution in [0, 0.1) is 0 Å². The summed E-state index contributed by atoms with van der Waals surface area (Å²) in [7, 11) is 0. The Morgan fingerprint density at radius 1 is 0.733 bits per heavy atom. The Morgan fingerprint density at radius 3 is 1.60 bits per heavy atom. The van der Waals surface area contributed by atoms with Gasteiger partial charge in [0.2, 0.25) is 0 Å². The molecule has 0 aliphatic carbocycles. The summed E-state index contributed by atoms with van der Waals surface area (Å²) in [5, 5.41) is 2.55. The lowest BCUT2D eigenvalue weighted by molar-refractivity contribution is 0.565. The molecule has 3 aromatic carbocycles. The largest absolute Gasteiger partial charge is 0.0873 e. The third kappa shape index (κ3) is 4.98. The highest BCUT2D eigenvalue weighted by molar-refractivity contribution is 9.10. The van der Waals surface area contributed by atoms with Crippen molar-refractivity contribution in [1.82, 2.24) is 0 Å².